The smallest absolute Gasteiger partial charge is 0.123 e. The summed E-state index contributed by atoms with van der Waals surface area (Å²) in [5, 5.41) is 3.60. The molecule has 1 N–H and O–H groups in total. The first-order valence-corrected chi connectivity index (χ1v) is 7.97. The molecule has 0 aromatic heterocycles. The molecule has 0 aliphatic carbocycles. The number of nitrogens with one attached hydrogen (secondary N) is 1. The molecule has 0 bridgehead atoms. The maximum Gasteiger partial charge on any atom is 0.123 e. The van der Waals surface area contributed by atoms with Gasteiger partial charge >= 0.3 is 0 Å². The average Bonchev–Trinajstić information content (AvgIpc) is 2.50. The summed E-state index contributed by atoms with van der Waals surface area (Å²) in [6, 6.07) is 8.33. The summed E-state index contributed by atoms with van der Waals surface area (Å²) in [5.74, 6) is 1.85. The van der Waals surface area contributed by atoms with Crippen molar-refractivity contribution in [3.63, 3.8) is 0 Å². The quantitative estimate of drug-likeness (QED) is 0.829. The molecule has 0 saturated carbocycles. The molecule has 1 aromatic carbocycles. The topological polar surface area (TPSA) is 24.5 Å². The van der Waals surface area contributed by atoms with E-state index >= 15 is 0 Å². The summed E-state index contributed by atoms with van der Waals surface area (Å²) in [5.41, 5.74) is 1.26. The number of piperidine rings is 1. The van der Waals surface area contributed by atoms with Crippen molar-refractivity contribution >= 4 is 0 Å². The average molecular weight is 276 g/mol. The van der Waals surface area contributed by atoms with Crippen LogP contribution in [0.3, 0.4) is 0 Å². The van der Waals surface area contributed by atoms with Crippen molar-refractivity contribution in [3.05, 3.63) is 29.8 Å². The van der Waals surface area contributed by atoms with Gasteiger partial charge in [0.2, 0.25) is 0 Å². The lowest BCUT2D eigenvalue weighted by Gasteiger charge is -2.31. The van der Waals surface area contributed by atoms with Crippen molar-refractivity contribution in [1.82, 2.24) is 10.2 Å². The first-order valence-electron chi connectivity index (χ1n) is 7.97. The fraction of sp³-hybridized carbons (Fsp3) is 0.647. The predicted octanol–water partition coefficient (Wildman–Crippen LogP) is 2.91. The van der Waals surface area contributed by atoms with Gasteiger partial charge in [-0.15, -0.1) is 0 Å². The van der Waals surface area contributed by atoms with Crippen LogP contribution in [0, 0.1) is 5.92 Å². The molecule has 1 saturated heterocycles. The number of hydrogen-bond donors (Lipinski definition) is 1. The van der Waals surface area contributed by atoms with Gasteiger partial charge in [0.05, 0.1) is 6.61 Å². The van der Waals surface area contributed by atoms with E-state index in [2.05, 4.69) is 35.3 Å². The minimum absolute atomic E-state index is 0.729. The summed E-state index contributed by atoms with van der Waals surface area (Å²) in [6.45, 7) is 10.8. The van der Waals surface area contributed by atoms with Gasteiger partial charge < -0.3 is 15.0 Å². The van der Waals surface area contributed by atoms with Crippen molar-refractivity contribution in [2.45, 2.75) is 33.2 Å². The third-order valence-electron chi connectivity index (χ3n) is 4.18. The lowest BCUT2D eigenvalue weighted by atomic mass is 9.97. The number of para-hydroxylation sites is 1. The number of ether oxygens (including phenoxy) is 1. The number of likely N-dealkylation sites (tertiary alicyclic amines) is 1. The Morgan fingerprint density at radius 2 is 1.95 bits per heavy atom. The molecule has 0 radical (unpaired) electrons. The maximum absolute atomic E-state index is 5.66. The lowest BCUT2D eigenvalue weighted by Crippen LogP contribution is -2.36. The molecule has 1 aliphatic heterocycles. The van der Waals surface area contributed by atoms with Crippen molar-refractivity contribution in [2.75, 3.05) is 32.8 Å². The van der Waals surface area contributed by atoms with E-state index in [0.717, 1.165) is 31.4 Å². The minimum atomic E-state index is 0.729. The molecular weight excluding hydrogens is 248 g/mol. The second kappa shape index (κ2) is 8.28. The van der Waals surface area contributed by atoms with Crippen molar-refractivity contribution in [1.29, 1.82) is 0 Å². The number of rotatable bonds is 7. The van der Waals surface area contributed by atoms with E-state index in [4.69, 9.17) is 4.74 Å². The standard InChI is InChI=1S/C17H28N2O/c1-3-19-11-9-15(10-12-19)13-18-14-16-7-5-6-8-17(16)20-4-2/h5-8,15,18H,3-4,9-14H2,1-2H3. The van der Waals surface area contributed by atoms with Gasteiger partial charge in [-0.2, -0.15) is 0 Å². The highest BCUT2D eigenvalue weighted by molar-refractivity contribution is 5.33. The zero-order valence-corrected chi connectivity index (χ0v) is 12.9. The van der Waals surface area contributed by atoms with Crippen LogP contribution >= 0.6 is 0 Å². The van der Waals surface area contributed by atoms with Crippen LogP contribution in [0.1, 0.15) is 32.3 Å². The van der Waals surface area contributed by atoms with Gasteiger partial charge in [-0.1, -0.05) is 25.1 Å². The Morgan fingerprint density at radius 1 is 1.20 bits per heavy atom. The van der Waals surface area contributed by atoms with Crippen LogP contribution in [0.4, 0.5) is 0 Å². The Labute approximate surface area is 123 Å². The second-order valence-electron chi connectivity index (χ2n) is 5.55. The molecule has 1 heterocycles. The van der Waals surface area contributed by atoms with E-state index in [-0.39, 0.29) is 0 Å². The summed E-state index contributed by atoms with van der Waals surface area (Å²) >= 11 is 0. The van der Waals surface area contributed by atoms with Crippen molar-refractivity contribution in [3.8, 4) is 5.75 Å². The van der Waals surface area contributed by atoms with E-state index < -0.39 is 0 Å². The highest BCUT2D eigenvalue weighted by Gasteiger charge is 2.17. The molecule has 1 fully saturated rings. The molecule has 0 spiro atoms. The van der Waals surface area contributed by atoms with E-state index in [1.807, 2.05) is 13.0 Å². The number of benzene rings is 1. The summed E-state index contributed by atoms with van der Waals surface area (Å²) in [4.78, 5) is 2.54. The van der Waals surface area contributed by atoms with Gasteiger partial charge in [-0.05, 0) is 57.9 Å². The molecule has 1 aliphatic rings. The minimum Gasteiger partial charge on any atom is -0.494 e. The van der Waals surface area contributed by atoms with Gasteiger partial charge in [-0.3, -0.25) is 0 Å². The van der Waals surface area contributed by atoms with Crippen LogP contribution in [0.2, 0.25) is 0 Å². The van der Waals surface area contributed by atoms with Crippen LogP contribution in [0.25, 0.3) is 0 Å². The summed E-state index contributed by atoms with van der Waals surface area (Å²) < 4.78 is 5.66. The van der Waals surface area contributed by atoms with E-state index in [0.29, 0.717) is 0 Å². The first-order chi connectivity index (χ1) is 9.83. The Morgan fingerprint density at radius 3 is 2.65 bits per heavy atom. The molecule has 0 atom stereocenters. The van der Waals surface area contributed by atoms with Gasteiger partial charge in [-0.25, -0.2) is 0 Å². The second-order valence-corrected chi connectivity index (χ2v) is 5.55. The Kier molecular flexibility index (Phi) is 6.34. The van der Waals surface area contributed by atoms with Gasteiger partial charge in [0.15, 0.2) is 0 Å². The molecule has 3 heteroatoms. The molecule has 2 rings (SSSR count). The molecule has 0 amide bonds. The van der Waals surface area contributed by atoms with Gasteiger partial charge in [0.25, 0.3) is 0 Å². The SMILES string of the molecule is CCOc1ccccc1CNCC1CCN(CC)CC1. The predicted molar refractivity (Wildman–Crippen MR) is 84.2 cm³/mol. The highest BCUT2D eigenvalue weighted by atomic mass is 16.5. The molecule has 112 valence electrons. The first kappa shape index (κ1) is 15.3. The zero-order chi connectivity index (χ0) is 14.2. The van der Waals surface area contributed by atoms with E-state index in [9.17, 15) is 0 Å². The highest BCUT2D eigenvalue weighted by Crippen LogP contribution is 2.19. The maximum atomic E-state index is 5.66. The van der Waals surface area contributed by atoms with Gasteiger partial charge in [0, 0.05) is 12.1 Å². The lowest BCUT2D eigenvalue weighted by molar-refractivity contribution is 0.190. The molecule has 20 heavy (non-hydrogen) atoms. The molecule has 1 aromatic rings. The number of nitrogens with zero attached hydrogens (tertiary/aromatic N) is 1. The van der Waals surface area contributed by atoms with Crippen LogP contribution < -0.4 is 10.1 Å². The third-order valence-corrected chi connectivity index (χ3v) is 4.18. The normalized spacial score (nSPS) is 17.3. The fourth-order valence-corrected chi connectivity index (χ4v) is 2.86. The van der Waals surface area contributed by atoms with Crippen LogP contribution in [-0.2, 0) is 6.54 Å². The van der Waals surface area contributed by atoms with Crippen LogP contribution in [0.5, 0.6) is 5.75 Å². The van der Waals surface area contributed by atoms with E-state index in [1.54, 1.807) is 0 Å². The Hall–Kier alpha value is -1.06. The van der Waals surface area contributed by atoms with Crippen molar-refractivity contribution < 1.29 is 4.74 Å². The third kappa shape index (κ3) is 4.50. The Balaban J connectivity index is 1.73. The van der Waals surface area contributed by atoms with E-state index in [1.165, 1.54) is 38.0 Å². The van der Waals surface area contributed by atoms with Crippen LogP contribution in [-0.4, -0.2) is 37.7 Å². The molecule has 0 unspecified atom stereocenters. The summed E-state index contributed by atoms with van der Waals surface area (Å²) in [7, 11) is 0. The summed E-state index contributed by atoms with van der Waals surface area (Å²) in [6.07, 6.45) is 2.65. The van der Waals surface area contributed by atoms with Crippen LogP contribution in [0.15, 0.2) is 24.3 Å². The Bertz CT molecular complexity index is 386. The number of hydrogen-bond acceptors (Lipinski definition) is 3. The molecule has 3 nitrogen and oxygen atoms in total. The van der Waals surface area contributed by atoms with Gasteiger partial charge in [0.1, 0.15) is 5.75 Å². The van der Waals surface area contributed by atoms with Crippen molar-refractivity contribution in [2.24, 2.45) is 5.92 Å². The fourth-order valence-electron chi connectivity index (χ4n) is 2.86. The largest absolute Gasteiger partial charge is 0.494 e. The zero-order valence-electron chi connectivity index (χ0n) is 12.9. The monoisotopic (exact) mass is 276 g/mol. The molecular formula is C17H28N2O.